The molecule has 2 unspecified atom stereocenters. The number of rotatable bonds is 3. The first-order valence-electron chi connectivity index (χ1n) is 8.09. The molecule has 116 valence electrons. The van der Waals surface area contributed by atoms with Crippen LogP contribution in [0.25, 0.3) is 10.9 Å². The zero-order chi connectivity index (χ0) is 15.8. The van der Waals surface area contributed by atoms with Gasteiger partial charge in [-0.2, -0.15) is 0 Å². The molecule has 1 aromatic heterocycles. The van der Waals surface area contributed by atoms with Gasteiger partial charge < -0.3 is 0 Å². The summed E-state index contributed by atoms with van der Waals surface area (Å²) in [6.07, 6.45) is 1.71. The Morgan fingerprint density at radius 2 is 1.83 bits per heavy atom. The van der Waals surface area contributed by atoms with E-state index in [0.717, 1.165) is 24.2 Å². The Kier molecular flexibility index (Phi) is 3.46. The third kappa shape index (κ3) is 2.35. The molecular formula is C19H19N3O. The first-order valence-corrected chi connectivity index (χ1v) is 8.09. The van der Waals surface area contributed by atoms with Crippen LogP contribution in [0.2, 0.25) is 0 Å². The van der Waals surface area contributed by atoms with E-state index >= 15 is 0 Å². The zero-order valence-corrected chi connectivity index (χ0v) is 13.1. The number of fused-ring (bicyclic) bond motifs is 2. The Hall–Kier alpha value is -2.46. The molecule has 0 spiro atoms. The largest absolute Gasteiger partial charge is 0.287 e. The van der Waals surface area contributed by atoms with Crippen LogP contribution in [0.15, 0.2) is 59.4 Å². The van der Waals surface area contributed by atoms with E-state index in [1.54, 1.807) is 0 Å². The number of aromatic nitrogens is 2. The second kappa shape index (κ2) is 5.63. The SMILES string of the molecule is CCC1NC(Cc2ccccc2)c2nc3ccccc3c(=O)n21. The van der Waals surface area contributed by atoms with Gasteiger partial charge in [0.05, 0.1) is 23.1 Å². The van der Waals surface area contributed by atoms with Gasteiger partial charge >= 0.3 is 0 Å². The van der Waals surface area contributed by atoms with Crippen LogP contribution in [0.3, 0.4) is 0 Å². The van der Waals surface area contributed by atoms with Crippen molar-refractivity contribution in [2.45, 2.75) is 32.0 Å². The van der Waals surface area contributed by atoms with Crippen molar-refractivity contribution in [3.63, 3.8) is 0 Å². The summed E-state index contributed by atoms with van der Waals surface area (Å²) >= 11 is 0. The lowest BCUT2D eigenvalue weighted by atomic mass is 10.1. The van der Waals surface area contributed by atoms with Crippen molar-refractivity contribution in [3.05, 3.63) is 76.3 Å². The highest BCUT2D eigenvalue weighted by Gasteiger charge is 2.32. The van der Waals surface area contributed by atoms with Crippen LogP contribution in [0.4, 0.5) is 0 Å². The van der Waals surface area contributed by atoms with Crippen molar-refractivity contribution in [2.24, 2.45) is 0 Å². The lowest BCUT2D eigenvalue weighted by Crippen LogP contribution is -2.27. The summed E-state index contributed by atoms with van der Waals surface area (Å²) in [5.74, 6) is 0.851. The fourth-order valence-corrected chi connectivity index (χ4v) is 3.39. The molecule has 0 radical (unpaired) electrons. The third-order valence-electron chi connectivity index (χ3n) is 4.52. The second-order valence-electron chi connectivity index (χ2n) is 6.00. The molecular weight excluding hydrogens is 286 g/mol. The average molecular weight is 305 g/mol. The summed E-state index contributed by atoms with van der Waals surface area (Å²) in [6.45, 7) is 2.09. The Morgan fingerprint density at radius 1 is 1.09 bits per heavy atom. The molecule has 0 aliphatic carbocycles. The quantitative estimate of drug-likeness (QED) is 0.808. The van der Waals surface area contributed by atoms with Gasteiger partial charge in [-0.1, -0.05) is 49.4 Å². The normalized spacial score (nSPS) is 19.9. The van der Waals surface area contributed by atoms with Gasteiger partial charge in [-0.15, -0.1) is 0 Å². The van der Waals surface area contributed by atoms with Gasteiger partial charge in [-0.05, 0) is 30.5 Å². The minimum atomic E-state index is 0.0170. The van der Waals surface area contributed by atoms with E-state index in [4.69, 9.17) is 4.98 Å². The van der Waals surface area contributed by atoms with Crippen molar-refractivity contribution < 1.29 is 0 Å². The van der Waals surface area contributed by atoms with Crippen LogP contribution in [0, 0.1) is 0 Å². The molecule has 3 aromatic rings. The molecule has 2 heterocycles. The highest BCUT2D eigenvalue weighted by atomic mass is 16.1. The Labute approximate surface area is 134 Å². The van der Waals surface area contributed by atoms with Crippen molar-refractivity contribution in [1.82, 2.24) is 14.9 Å². The summed E-state index contributed by atoms with van der Waals surface area (Å²) in [7, 11) is 0. The lowest BCUT2D eigenvalue weighted by molar-refractivity contribution is 0.413. The van der Waals surface area contributed by atoms with Gasteiger partial charge in [0.2, 0.25) is 0 Å². The first kappa shape index (κ1) is 14.2. The van der Waals surface area contributed by atoms with Gasteiger partial charge in [0, 0.05) is 0 Å². The number of nitrogens with one attached hydrogen (secondary N) is 1. The molecule has 4 nitrogen and oxygen atoms in total. The highest BCUT2D eigenvalue weighted by molar-refractivity contribution is 5.77. The summed E-state index contributed by atoms with van der Waals surface area (Å²) in [4.78, 5) is 17.7. The molecule has 0 bridgehead atoms. The van der Waals surface area contributed by atoms with Crippen LogP contribution < -0.4 is 10.9 Å². The minimum Gasteiger partial charge on any atom is -0.287 e. The monoisotopic (exact) mass is 305 g/mol. The maximum atomic E-state index is 12.9. The summed E-state index contributed by atoms with van der Waals surface area (Å²) in [6, 6.07) is 18.0. The van der Waals surface area contributed by atoms with Gasteiger partial charge in [-0.25, -0.2) is 4.98 Å². The summed E-state index contributed by atoms with van der Waals surface area (Å²) < 4.78 is 1.84. The molecule has 1 aliphatic rings. The Bertz CT molecular complexity index is 901. The summed E-state index contributed by atoms with van der Waals surface area (Å²) in [5, 5.41) is 4.26. The van der Waals surface area contributed by atoms with Gasteiger partial charge in [0.25, 0.3) is 5.56 Å². The van der Waals surface area contributed by atoms with E-state index in [1.807, 2.05) is 47.0 Å². The molecule has 4 rings (SSSR count). The van der Waals surface area contributed by atoms with E-state index in [-0.39, 0.29) is 17.8 Å². The first-order chi connectivity index (χ1) is 11.3. The Morgan fingerprint density at radius 3 is 2.61 bits per heavy atom. The van der Waals surface area contributed by atoms with Crippen LogP contribution in [-0.2, 0) is 6.42 Å². The van der Waals surface area contributed by atoms with Gasteiger partial charge in [0.15, 0.2) is 0 Å². The highest BCUT2D eigenvalue weighted by Crippen LogP contribution is 2.29. The third-order valence-corrected chi connectivity index (χ3v) is 4.52. The topological polar surface area (TPSA) is 46.9 Å². The van der Waals surface area contributed by atoms with Crippen molar-refractivity contribution in [2.75, 3.05) is 0 Å². The maximum absolute atomic E-state index is 12.9. The number of nitrogens with zero attached hydrogens (tertiary/aromatic N) is 2. The second-order valence-corrected chi connectivity index (χ2v) is 6.00. The maximum Gasteiger partial charge on any atom is 0.262 e. The van der Waals surface area contributed by atoms with E-state index < -0.39 is 0 Å². The van der Waals surface area contributed by atoms with Gasteiger partial charge in [-0.3, -0.25) is 14.7 Å². The fraction of sp³-hybridized carbons (Fsp3) is 0.263. The standard InChI is InChI=1S/C19H19N3O/c1-2-17-20-16(12-13-8-4-3-5-9-13)18-21-15-11-7-6-10-14(15)19(23)22(17)18/h3-11,16-17,20H,2,12H2,1H3. The number of para-hydroxylation sites is 1. The van der Waals surface area contributed by atoms with E-state index in [0.29, 0.717) is 5.39 Å². The Balaban J connectivity index is 1.84. The zero-order valence-electron chi connectivity index (χ0n) is 13.1. The molecule has 0 saturated carbocycles. The van der Waals surface area contributed by atoms with Crippen LogP contribution in [-0.4, -0.2) is 9.55 Å². The molecule has 4 heteroatoms. The number of benzene rings is 2. The molecule has 1 N–H and O–H groups in total. The van der Waals surface area contributed by atoms with E-state index in [1.165, 1.54) is 5.56 Å². The van der Waals surface area contributed by atoms with Crippen molar-refractivity contribution >= 4 is 10.9 Å². The lowest BCUT2D eigenvalue weighted by Gasteiger charge is -2.12. The van der Waals surface area contributed by atoms with E-state index in [2.05, 4.69) is 24.4 Å². The van der Waals surface area contributed by atoms with Crippen molar-refractivity contribution in [1.29, 1.82) is 0 Å². The molecule has 2 aromatic carbocycles. The van der Waals surface area contributed by atoms with Crippen LogP contribution in [0.5, 0.6) is 0 Å². The van der Waals surface area contributed by atoms with E-state index in [9.17, 15) is 4.79 Å². The van der Waals surface area contributed by atoms with Crippen LogP contribution in [0.1, 0.15) is 36.9 Å². The summed E-state index contributed by atoms with van der Waals surface area (Å²) in [5.41, 5.74) is 2.08. The molecule has 0 fully saturated rings. The minimum absolute atomic E-state index is 0.0170. The van der Waals surface area contributed by atoms with Crippen LogP contribution >= 0.6 is 0 Å². The number of hydrogen-bond acceptors (Lipinski definition) is 3. The predicted octanol–water partition coefficient (Wildman–Crippen LogP) is 3.19. The predicted molar refractivity (Wildman–Crippen MR) is 91.4 cm³/mol. The molecule has 0 amide bonds. The average Bonchev–Trinajstić information content (AvgIpc) is 2.94. The van der Waals surface area contributed by atoms with Crippen molar-refractivity contribution in [3.8, 4) is 0 Å². The number of hydrogen-bond donors (Lipinski definition) is 1. The molecule has 2 atom stereocenters. The fourth-order valence-electron chi connectivity index (χ4n) is 3.39. The smallest absolute Gasteiger partial charge is 0.262 e. The molecule has 1 aliphatic heterocycles. The van der Waals surface area contributed by atoms with Gasteiger partial charge in [0.1, 0.15) is 5.82 Å². The molecule has 23 heavy (non-hydrogen) atoms. The molecule has 0 saturated heterocycles.